The molecule has 3 aromatic heterocycles. The maximum atomic E-state index is 12.4. The Kier molecular flexibility index (Phi) is 5.30. The molecular formula is C23H24N4O3. The van der Waals surface area contributed by atoms with Gasteiger partial charge in [0.2, 0.25) is 5.91 Å². The van der Waals surface area contributed by atoms with Crippen LogP contribution in [0.3, 0.4) is 0 Å². The molecule has 1 N–H and O–H groups in total. The second-order valence-electron chi connectivity index (χ2n) is 8.05. The summed E-state index contributed by atoms with van der Waals surface area (Å²) in [6, 6.07) is 5.57. The molecule has 0 bridgehead atoms. The molecule has 154 valence electrons. The molecular weight excluding hydrogens is 380 g/mol. The van der Waals surface area contributed by atoms with Gasteiger partial charge in [-0.15, -0.1) is 0 Å². The summed E-state index contributed by atoms with van der Waals surface area (Å²) in [4.78, 5) is 37.7. The highest BCUT2D eigenvalue weighted by Gasteiger charge is 2.41. The van der Waals surface area contributed by atoms with Crippen LogP contribution in [-0.4, -0.2) is 39.9 Å². The zero-order valence-electron chi connectivity index (χ0n) is 17.4. The van der Waals surface area contributed by atoms with E-state index in [4.69, 9.17) is 4.74 Å². The Hall–Kier alpha value is -3.19. The molecule has 4 rings (SSSR count). The maximum Gasteiger partial charge on any atom is 0.236 e. The second kappa shape index (κ2) is 7.91. The summed E-state index contributed by atoms with van der Waals surface area (Å²) >= 11 is 0. The van der Waals surface area contributed by atoms with Gasteiger partial charge in [0.1, 0.15) is 11.5 Å². The van der Waals surface area contributed by atoms with Crippen molar-refractivity contribution in [1.29, 1.82) is 0 Å². The molecule has 7 nitrogen and oxygen atoms in total. The quantitative estimate of drug-likeness (QED) is 0.625. The van der Waals surface area contributed by atoms with Crippen LogP contribution in [0.25, 0.3) is 22.0 Å². The van der Waals surface area contributed by atoms with Gasteiger partial charge in [0.25, 0.3) is 0 Å². The lowest BCUT2D eigenvalue weighted by Crippen LogP contribution is -2.49. The van der Waals surface area contributed by atoms with Crippen molar-refractivity contribution in [2.24, 2.45) is 5.41 Å². The summed E-state index contributed by atoms with van der Waals surface area (Å²) < 4.78 is 5.15. The first-order chi connectivity index (χ1) is 14.4. The van der Waals surface area contributed by atoms with Crippen molar-refractivity contribution in [3.05, 3.63) is 48.0 Å². The zero-order chi connectivity index (χ0) is 21.3. The number of hydrogen-bond donors (Lipinski definition) is 1. The number of carbonyl (C=O) groups excluding carboxylic acids is 2. The van der Waals surface area contributed by atoms with Crippen LogP contribution >= 0.6 is 0 Å². The molecule has 0 atom stereocenters. The normalized spacial score (nSPS) is 14.9. The Morgan fingerprint density at radius 2 is 1.80 bits per heavy atom. The average molecular weight is 404 g/mol. The molecule has 0 saturated carbocycles. The molecule has 0 aromatic carbocycles. The molecule has 0 radical (unpaired) electrons. The molecule has 1 aliphatic rings. The highest BCUT2D eigenvalue weighted by molar-refractivity contribution is 5.97. The van der Waals surface area contributed by atoms with Crippen molar-refractivity contribution in [1.82, 2.24) is 15.0 Å². The van der Waals surface area contributed by atoms with E-state index in [1.54, 1.807) is 18.6 Å². The lowest BCUT2D eigenvalue weighted by Gasteiger charge is -2.36. The molecule has 0 aliphatic carbocycles. The molecule has 1 aliphatic heterocycles. The van der Waals surface area contributed by atoms with Crippen molar-refractivity contribution in [2.45, 2.75) is 33.6 Å². The van der Waals surface area contributed by atoms with Crippen molar-refractivity contribution in [3.63, 3.8) is 0 Å². The van der Waals surface area contributed by atoms with Gasteiger partial charge in [-0.05, 0) is 44.0 Å². The van der Waals surface area contributed by atoms with E-state index in [0.717, 1.165) is 34.0 Å². The van der Waals surface area contributed by atoms with Crippen LogP contribution in [0, 0.1) is 12.3 Å². The number of aryl methyl sites for hydroxylation is 1. The molecule has 1 fully saturated rings. The smallest absolute Gasteiger partial charge is 0.236 e. The molecule has 30 heavy (non-hydrogen) atoms. The summed E-state index contributed by atoms with van der Waals surface area (Å²) in [6.45, 7) is 6.65. The van der Waals surface area contributed by atoms with E-state index in [1.165, 1.54) is 0 Å². The van der Waals surface area contributed by atoms with Crippen LogP contribution in [0.2, 0.25) is 0 Å². The van der Waals surface area contributed by atoms with Gasteiger partial charge < -0.3 is 10.1 Å². The van der Waals surface area contributed by atoms with Crippen molar-refractivity contribution in [3.8, 4) is 11.3 Å². The van der Waals surface area contributed by atoms with E-state index in [-0.39, 0.29) is 11.7 Å². The van der Waals surface area contributed by atoms with E-state index in [2.05, 4.69) is 20.3 Å². The van der Waals surface area contributed by atoms with Gasteiger partial charge in [0, 0.05) is 41.3 Å². The van der Waals surface area contributed by atoms with Crippen LogP contribution in [0.1, 0.15) is 42.7 Å². The molecule has 4 heterocycles. The third-order valence-electron chi connectivity index (χ3n) is 5.38. The Bertz CT molecular complexity index is 1140. The number of carbonyl (C=O) groups is 2. The molecule has 0 unspecified atom stereocenters. The number of nitrogens with one attached hydrogen (secondary N) is 1. The van der Waals surface area contributed by atoms with E-state index in [9.17, 15) is 9.59 Å². The maximum absolute atomic E-state index is 12.4. The standard InChI is InChI=1S/C23H24N4O3/c1-4-5-20(28)19-6-14(2)17(11-25-19)18-7-15-10-26-21(8-16(15)9-24-18)27-22(29)23(3)12-30-13-23/h6-11H,4-5,12-13H2,1-3H3,(H,26,27,29). The summed E-state index contributed by atoms with van der Waals surface area (Å²) in [7, 11) is 0. The highest BCUT2D eigenvalue weighted by Crippen LogP contribution is 2.29. The zero-order valence-corrected chi connectivity index (χ0v) is 17.4. The van der Waals surface area contributed by atoms with Gasteiger partial charge in [-0.2, -0.15) is 0 Å². The third-order valence-corrected chi connectivity index (χ3v) is 5.38. The Balaban J connectivity index is 1.58. The van der Waals surface area contributed by atoms with Crippen LogP contribution in [0.4, 0.5) is 5.82 Å². The van der Waals surface area contributed by atoms with Gasteiger partial charge >= 0.3 is 0 Å². The minimum Gasteiger partial charge on any atom is -0.379 e. The minimum absolute atomic E-state index is 0.0553. The largest absolute Gasteiger partial charge is 0.379 e. The molecule has 3 aromatic rings. The Morgan fingerprint density at radius 3 is 2.47 bits per heavy atom. The van der Waals surface area contributed by atoms with Gasteiger partial charge in [0.05, 0.1) is 24.3 Å². The molecule has 1 amide bonds. The molecule has 7 heteroatoms. The van der Waals surface area contributed by atoms with Gasteiger partial charge in [-0.25, -0.2) is 4.98 Å². The lowest BCUT2D eigenvalue weighted by atomic mass is 9.87. The number of ketones is 1. The first-order valence-electron chi connectivity index (χ1n) is 10.0. The Labute approximate surface area is 174 Å². The fourth-order valence-corrected chi connectivity index (χ4v) is 3.39. The summed E-state index contributed by atoms with van der Waals surface area (Å²) in [5, 5.41) is 4.64. The van der Waals surface area contributed by atoms with Crippen molar-refractivity contribution < 1.29 is 14.3 Å². The SMILES string of the molecule is CCCC(=O)c1cc(C)c(-c2cc3cnc(NC(=O)C4(C)COC4)cc3cn2)cn1. The van der Waals surface area contributed by atoms with Crippen LogP contribution in [0.15, 0.2) is 36.8 Å². The lowest BCUT2D eigenvalue weighted by molar-refractivity contribution is -0.151. The number of aromatic nitrogens is 3. The summed E-state index contributed by atoms with van der Waals surface area (Å²) in [5.41, 5.74) is 2.59. The second-order valence-corrected chi connectivity index (χ2v) is 8.05. The number of pyridine rings is 3. The summed E-state index contributed by atoms with van der Waals surface area (Å²) in [6.07, 6.45) is 6.48. The fraction of sp³-hybridized carbons (Fsp3) is 0.348. The van der Waals surface area contributed by atoms with Gasteiger partial charge in [0.15, 0.2) is 5.78 Å². The Morgan fingerprint density at radius 1 is 1.07 bits per heavy atom. The van der Waals surface area contributed by atoms with Gasteiger partial charge in [-0.3, -0.25) is 19.6 Å². The first kappa shape index (κ1) is 20.1. The number of hydrogen-bond acceptors (Lipinski definition) is 6. The highest BCUT2D eigenvalue weighted by atomic mass is 16.5. The van der Waals surface area contributed by atoms with Crippen LogP contribution < -0.4 is 5.32 Å². The van der Waals surface area contributed by atoms with E-state index >= 15 is 0 Å². The van der Waals surface area contributed by atoms with Crippen molar-refractivity contribution >= 4 is 28.3 Å². The number of fused-ring (bicyclic) bond motifs is 1. The number of anilines is 1. The van der Waals surface area contributed by atoms with Crippen LogP contribution in [0.5, 0.6) is 0 Å². The average Bonchev–Trinajstić information content (AvgIpc) is 2.71. The van der Waals surface area contributed by atoms with Crippen LogP contribution in [-0.2, 0) is 9.53 Å². The summed E-state index contributed by atoms with van der Waals surface area (Å²) in [5.74, 6) is 0.455. The predicted octanol–water partition coefficient (Wildman–Crippen LogP) is 3.96. The minimum atomic E-state index is -0.492. The molecule has 1 saturated heterocycles. The third kappa shape index (κ3) is 3.80. The van der Waals surface area contributed by atoms with E-state index < -0.39 is 5.41 Å². The fourth-order valence-electron chi connectivity index (χ4n) is 3.39. The predicted molar refractivity (Wildman–Crippen MR) is 114 cm³/mol. The topological polar surface area (TPSA) is 94.1 Å². The van der Waals surface area contributed by atoms with Gasteiger partial charge in [-0.1, -0.05) is 6.92 Å². The van der Waals surface area contributed by atoms with E-state index in [0.29, 0.717) is 31.1 Å². The first-order valence-corrected chi connectivity index (χ1v) is 10.0. The number of amides is 1. The number of ether oxygens (including phenoxy) is 1. The number of rotatable bonds is 6. The monoisotopic (exact) mass is 404 g/mol. The number of nitrogens with zero attached hydrogens (tertiary/aromatic N) is 3. The van der Waals surface area contributed by atoms with E-state index in [1.807, 2.05) is 39.0 Å². The number of Topliss-reactive ketones (excluding diaryl/α,β-unsaturated/α-hetero) is 1. The molecule has 0 spiro atoms. The van der Waals surface area contributed by atoms with Crippen molar-refractivity contribution in [2.75, 3.05) is 18.5 Å².